The number of nitrogens with one attached hydrogen (secondary N) is 1. The number of carbonyl (C=O) groups is 3. The van der Waals surface area contributed by atoms with Gasteiger partial charge in [0.05, 0.1) is 12.6 Å². The van der Waals surface area contributed by atoms with E-state index < -0.39 is 23.9 Å². The van der Waals surface area contributed by atoms with E-state index in [0.717, 1.165) is 17.5 Å². The van der Waals surface area contributed by atoms with Crippen LogP contribution in [0, 0.1) is 0 Å². The van der Waals surface area contributed by atoms with E-state index in [1.54, 1.807) is 0 Å². The zero-order valence-electron chi connectivity index (χ0n) is 22.7. The molecular weight excluding hydrogens is 500 g/mol. The highest BCUT2D eigenvalue weighted by molar-refractivity contribution is 5.82. The minimum atomic E-state index is -0.848. The second-order valence-electron chi connectivity index (χ2n) is 10.5. The maximum atomic E-state index is 12.9. The Hall–Kier alpha value is -3.27. The molecule has 2 aliphatic heterocycles. The predicted molar refractivity (Wildman–Crippen MR) is 144 cm³/mol. The maximum absolute atomic E-state index is 12.9. The van der Waals surface area contributed by atoms with Gasteiger partial charge in [-0.2, -0.15) is 0 Å². The summed E-state index contributed by atoms with van der Waals surface area (Å²) in [6.07, 6.45) is 1.08. The van der Waals surface area contributed by atoms with Crippen LogP contribution in [0.25, 0.3) is 0 Å². The fourth-order valence-corrected chi connectivity index (χ4v) is 4.93. The van der Waals surface area contributed by atoms with Crippen molar-refractivity contribution in [2.75, 3.05) is 19.6 Å². The summed E-state index contributed by atoms with van der Waals surface area (Å²) < 4.78 is 22.7. The van der Waals surface area contributed by atoms with Gasteiger partial charge in [-0.1, -0.05) is 60.7 Å². The van der Waals surface area contributed by atoms with Crippen LogP contribution in [0.5, 0.6) is 0 Å². The lowest BCUT2D eigenvalue weighted by atomic mass is 10.1. The lowest BCUT2D eigenvalue weighted by Crippen LogP contribution is -2.42. The molecule has 0 bridgehead atoms. The van der Waals surface area contributed by atoms with Crippen LogP contribution < -0.4 is 5.32 Å². The smallest absolute Gasteiger partial charge is 0.408 e. The molecule has 0 aliphatic carbocycles. The van der Waals surface area contributed by atoms with Crippen LogP contribution >= 0.6 is 0 Å². The number of nitrogens with zero attached hydrogens (tertiary/aromatic N) is 1. The van der Waals surface area contributed by atoms with Crippen LogP contribution in [0.1, 0.15) is 50.7 Å². The summed E-state index contributed by atoms with van der Waals surface area (Å²) in [6, 6.07) is 17.9. The van der Waals surface area contributed by atoms with Gasteiger partial charge in [-0.25, -0.2) is 9.59 Å². The summed E-state index contributed by atoms with van der Waals surface area (Å²) in [4.78, 5) is 40.0. The van der Waals surface area contributed by atoms with Gasteiger partial charge in [0.15, 0.2) is 5.79 Å². The number of esters is 1. The van der Waals surface area contributed by atoms with Crippen molar-refractivity contribution in [3.8, 4) is 0 Å². The van der Waals surface area contributed by atoms with Crippen molar-refractivity contribution in [2.45, 2.75) is 76.8 Å². The van der Waals surface area contributed by atoms with Gasteiger partial charge in [0.2, 0.25) is 0 Å². The van der Waals surface area contributed by atoms with Crippen molar-refractivity contribution in [3.63, 3.8) is 0 Å². The summed E-state index contributed by atoms with van der Waals surface area (Å²) in [7, 11) is 0. The maximum Gasteiger partial charge on any atom is 0.408 e. The Morgan fingerprint density at radius 2 is 1.56 bits per heavy atom. The molecule has 0 saturated carbocycles. The molecule has 2 saturated heterocycles. The average molecular weight is 539 g/mol. The molecule has 0 radical (unpaired) electrons. The molecular formula is C30H38N2O7. The number of hydrogen-bond donors (Lipinski definition) is 1. The van der Waals surface area contributed by atoms with E-state index in [9.17, 15) is 14.4 Å². The van der Waals surface area contributed by atoms with Crippen molar-refractivity contribution < 1.29 is 33.3 Å². The number of likely N-dealkylation sites (tertiary alicyclic amines) is 1. The van der Waals surface area contributed by atoms with Gasteiger partial charge >= 0.3 is 12.1 Å². The van der Waals surface area contributed by atoms with Crippen molar-refractivity contribution in [1.29, 1.82) is 0 Å². The first-order chi connectivity index (χ1) is 18.8. The quantitative estimate of drug-likeness (QED) is 0.338. The first-order valence-electron chi connectivity index (χ1n) is 13.5. The zero-order chi connectivity index (χ0) is 27.7. The molecule has 2 heterocycles. The molecule has 4 rings (SSSR count). The van der Waals surface area contributed by atoms with Crippen LogP contribution in [0.4, 0.5) is 4.79 Å². The van der Waals surface area contributed by atoms with Gasteiger partial charge < -0.3 is 24.3 Å². The highest BCUT2D eigenvalue weighted by atomic mass is 16.8. The van der Waals surface area contributed by atoms with E-state index in [1.807, 2.05) is 74.5 Å². The highest BCUT2D eigenvalue weighted by Gasteiger charge is 2.44. The first kappa shape index (κ1) is 28.7. The molecule has 0 spiro atoms. The third-order valence-corrected chi connectivity index (χ3v) is 6.78. The molecule has 2 aromatic rings. The molecule has 2 aliphatic rings. The minimum absolute atomic E-state index is 0.103. The molecule has 0 aromatic heterocycles. The molecule has 2 aromatic carbocycles. The van der Waals surface area contributed by atoms with Crippen molar-refractivity contribution in [3.05, 3.63) is 71.8 Å². The van der Waals surface area contributed by atoms with Crippen LogP contribution in [0.15, 0.2) is 60.7 Å². The Kier molecular flexibility index (Phi) is 10.1. The normalized spacial score (nSPS) is 21.4. The Morgan fingerprint density at radius 1 is 0.949 bits per heavy atom. The molecule has 2 fully saturated rings. The topological polar surface area (TPSA) is 103 Å². The minimum Gasteiger partial charge on any atom is -0.459 e. The Balaban J connectivity index is 1.28. The standard InChI is InChI=1S/C30H38N2O7/c1-30(2)38-26-17-24(33)18-32(19-27(26)39-30)16-10-9-15-25(28(34)36-20-22-11-5-3-6-12-22)31-29(35)37-21-23-13-7-4-8-14-23/h3-8,11-14,25-27H,9-10,15-21H2,1-2H3,(H,31,35)/t25-,26-,27+/m0/s1. The number of benzene rings is 2. The summed E-state index contributed by atoms with van der Waals surface area (Å²) in [5, 5.41) is 2.68. The van der Waals surface area contributed by atoms with Gasteiger partial charge in [0.25, 0.3) is 0 Å². The van der Waals surface area contributed by atoms with Gasteiger partial charge in [-0.05, 0) is 50.8 Å². The van der Waals surface area contributed by atoms with E-state index in [-0.39, 0.29) is 31.2 Å². The van der Waals surface area contributed by atoms with E-state index in [4.69, 9.17) is 18.9 Å². The van der Waals surface area contributed by atoms with Gasteiger partial charge in [0, 0.05) is 13.0 Å². The Morgan fingerprint density at radius 3 is 2.23 bits per heavy atom. The van der Waals surface area contributed by atoms with E-state index >= 15 is 0 Å². The van der Waals surface area contributed by atoms with Crippen LogP contribution in [-0.2, 0) is 41.8 Å². The Bertz CT molecular complexity index is 1090. The van der Waals surface area contributed by atoms with Crippen LogP contribution in [-0.4, -0.2) is 66.4 Å². The first-order valence-corrected chi connectivity index (χ1v) is 13.5. The zero-order valence-corrected chi connectivity index (χ0v) is 22.7. The molecule has 1 N–H and O–H groups in total. The molecule has 210 valence electrons. The largest absolute Gasteiger partial charge is 0.459 e. The number of ether oxygens (including phenoxy) is 4. The van der Waals surface area contributed by atoms with E-state index in [0.29, 0.717) is 38.9 Å². The van der Waals surface area contributed by atoms with Crippen molar-refractivity contribution in [1.82, 2.24) is 10.2 Å². The van der Waals surface area contributed by atoms with Crippen LogP contribution in [0.2, 0.25) is 0 Å². The monoisotopic (exact) mass is 538 g/mol. The molecule has 39 heavy (non-hydrogen) atoms. The molecule has 9 heteroatoms. The molecule has 0 unspecified atom stereocenters. The number of fused-ring (bicyclic) bond motifs is 1. The van der Waals surface area contributed by atoms with Crippen molar-refractivity contribution >= 4 is 17.8 Å². The summed E-state index contributed by atoms with van der Waals surface area (Å²) >= 11 is 0. The Labute approximate surface area is 229 Å². The summed E-state index contributed by atoms with van der Waals surface area (Å²) in [5.74, 6) is -1.07. The number of unbranched alkanes of at least 4 members (excludes halogenated alkanes) is 1. The number of ketones is 1. The second-order valence-corrected chi connectivity index (χ2v) is 10.5. The summed E-state index contributed by atoms with van der Waals surface area (Å²) in [6.45, 7) is 5.60. The van der Waals surface area contributed by atoms with Gasteiger partial charge in [-0.15, -0.1) is 0 Å². The predicted octanol–water partition coefficient (Wildman–Crippen LogP) is 3.99. The fourth-order valence-electron chi connectivity index (χ4n) is 4.93. The second kappa shape index (κ2) is 13.7. The van der Waals surface area contributed by atoms with E-state index in [2.05, 4.69) is 10.2 Å². The number of rotatable bonds is 11. The lowest BCUT2D eigenvalue weighted by Gasteiger charge is -2.24. The van der Waals surface area contributed by atoms with E-state index in [1.165, 1.54) is 0 Å². The lowest BCUT2D eigenvalue weighted by molar-refractivity contribution is -0.152. The molecule has 1 amide bonds. The number of amides is 1. The third-order valence-electron chi connectivity index (χ3n) is 6.78. The molecule has 3 atom stereocenters. The molecule has 9 nitrogen and oxygen atoms in total. The number of alkyl carbamates (subject to hydrolysis) is 1. The van der Waals surface area contributed by atoms with Crippen LogP contribution in [0.3, 0.4) is 0 Å². The number of Topliss-reactive ketones (excluding diaryl/α,β-unsaturated/α-hetero) is 1. The third kappa shape index (κ3) is 9.16. The summed E-state index contributed by atoms with van der Waals surface area (Å²) in [5.41, 5.74) is 1.71. The average Bonchev–Trinajstić information content (AvgIpc) is 3.12. The van der Waals surface area contributed by atoms with Gasteiger partial charge in [-0.3, -0.25) is 9.69 Å². The fraction of sp³-hybridized carbons (Fsp3) is 0.500. The SMILES string of the molecule is CC1(C)O[C@H]2CC(=O)CN(CCCC[C@H](NC(=O)OCc3ccccc3)C(=O)OCc3ccccc3)C[C@H]2O1. The van der Waals surface area contributed by atoms with Crippen molar-refractivity contribution in [2.24, 2.45) is 0 Å². The number of carbonyl (C=O) groups excluding carboxylic acids is 3. The van der Waals surface area contributed by atoms with Gasteiger partial charge in [0.1, 0.15) is 31.1 Å². The highest BCUT2D eigenvalue weighted by Crippen LogP contribution is 2.32. The number of hydrogen-bond acceptors (Lipinski definition) is 8.